The fraction of sp³-hybridized carbons (Fsp3) is 0.333. The topological polar surface area (TPSA) is 38.9 Å². The van der Waals surface area contributed by atoms with E-state index in [2.05, 4.69) is 39.8 Å². The molecule has 0 bridgehead atoms. The molecule has 2 aromatic rings. The number of rotatable bonds is 2. The minimum absolute atomic E-state index is 0.365. The van der Waals surface area contributed by atoms with Crippen molar-refractivity contribution in [3.8, 4) is 0 Å². The van der Waals surface area contributed by atoms with Crippen molar-refractivity contribution < 1.29 is 0 Å². The van der Waals surface area contributed by atoms with Crippen LogP contribution < -0.4 is 5.73 Å². The second-order valence-electron chi connectivity index (χ2n) is 5.07. The molecule has 0 saturated heterocycles. The van der Waals surface area contributed by atoms with Crippen LogP contribution in [-0.2, 0) is 0 Å². The van der Waals surface area contributed by atoms with E-state index < -0.39 is 0 Å². The van der Waals surface area contributed by atoms with Crippen LogP contribution in [0.1, 0.15) is 42.1 Å². The van der Waals surface area contributed by atoms with E-state index in [4.69, 9.17) is 22.9 Å². The van der Waals surface area contributed by atoms with Gasteiger partial charge in [0.2, 0.25) is 0 Å². The molecule has 0 radical (unpaired) electrons. The van der Waals surface area contributed by atoms with Crippen LogP contribution in [-0.4, -0.2) is 9.97 Å². The summed E-state index contributed by atoms with van der Waals surface area (Å²) in [7, 11) is 0. The highest BCUT2D eigenvalue weighted by molar-refractivity contribution is 7.80. The Hall–Kier alpha value is -1.48. The Labute approximate surface area is 113 Å². The molecule has 1 heterocycles. The smallest absolute Gasteiger partial charge is 0.104 e. The first-order valence-electron chi connectivity index (χ1n) is 6.12. The van der Waals surface area contributed by atoms with Gasteiger partial charge in [0, 0.05) is 16.6 Å². The first kappa shape index (κ1) is 13.0. The lowest BCUT2D eigenvalue weighted by Crippen LogP contribution is -2.12. The molecule has 0 aliphatic carbocycles. The lowest BCUT2D eigenvalue weighted by Gasteiger charge is -2.12. The third kappa shape index (κ3) is 2.23. The largest absolute Gasteiger partial charge is 0.389 e. The standard InChI is InChI=1S/C15H18N2S/c1-8(2)13-7-12(15(16)18)11-5-9(3)10(4)6-14(11)17-13/h5-8H,1-4H3,(H2,16,18). The molecule has 0 aliphatic heterocycles. The highest BCUT2D eigenvalue weighted by atomic mass is 32.1. The lowest BCUT2D eigenvalue weighted by atomic mass is 9.99. The summed E-state index contributed by atoms with van der Waals surface area (Å²) >= 11 is 5.16. The van der Waals surface area contributed by atoms with Crippen molar-refractivity contribution in [1.82, 2.24) is 4.98 Å². The summed E-state index contributed by atoms with van der Waals surface area (Å²) in [6.07, 6.45) is 0. The Morgan fingerprint density at radius 3 is 2.33 bits per heavy atom. The third-order valence-electron chi connectivity index (χ3n) is 3.30. The number of hydrogen-bond donors (Lipinski definition) is 1. The van der Waals surface area contributed by atoms with Crippen molar-refractivity contribution in [3.63, 3.8) is 0 Å². The number of aromatic nitrogens is 1. The highest BCUT2D eigenvalue weighted by Crippen LogP contribution is 2.25. The van der Waals surface area contributed by atoms with Gasteiger partial charge < -0.3 is 5.73 Å². The van der Waals surface area contributed by atoms with E-state index in [1.54, 1.807) is 0 Å². The van der Waals surface area contributed by atoms with Crippen LogP contribution in [0.3, 0.4) is 0 Å². The van der Waals surface area contributed by atoms with Crippen LogP contribution in [0.15, 0.2) is 18.2 Å². The molecule has 0 unspecified atom stereocenters. The Kier molecular flexibility index (Phi) is 3.35. The van der Waals surface area contributed by atoms with E-state index in [1.165, 1.54) is 11.1 Å². The van der Waals surface area contributed by atoms with Crippen LogP contribution in [0.5, 0.6) is 0 Å². The first-order valence-corrected chi connectivity index (χ1v) is 6.52. The monoisotopic (exact) mass is 258 g/mol. The van der Waals surface area contributed by atoms with Gasteiger partial charge >= 0.3 is 0 Å². The second kappa shape index (κ2) is 4.65. The van der Waals surface area contributed by atoms with Gasteiger partial charge in [0.15, 0.2) is 0 Å². The summed E-state index contributed by atoms with van der Waals surface area (Å²) in [5.41, 5.74) is 11.3. The van der Waals surface area contributed by atoms with E-state index >= 15 is 0 Å². The van der Waals surface area contributed by atoms with Gasteiger partial charge in [-0.15, -0.1) is 0 Å². The third-order valence-corrected chi connectivity index (χ3v) is 3.52. The van der Waals surface area contributed by atoms with Gasteiger partial charge in [-0.05, 0) is 49.1 Å². The van der Waals surface area contributed by atoms with Crippen LogP contribution in [0.25, 0.3) is 10.9 Å². The molecule has 1 aromatic heterocycles. The van der Waals surface area contributed by atoms with E-state index in [0.29, 0.717) is 10.9 Å². The second-order valence-corrected chi connectivity index (χ2v) is 5.51. The van der Waals surface area contributed by atoms with Gasteiger partial charge in [-0.3, -0.25) is 4.98 Å². The summed E-state index contributed by atoms with van der Waals surface area (Å²) in [5.74, 6) is 0.365. The van der Waals surface area contributed by atoms with Crippen molar-refractivity contribution in [3.05, 3.63) is 40.6 Å². The van der Waals surface area contributed by atoms with Crippen LogP contribution >= 0.6 is 12.2 Å². The Balaban J connectivity index is 2.85. The summed E-state index contributed by atoms with van der Waals surface area (Å²) in [5, 5.41) is 1.05. The molecule has 2 N–H and O–H groups in total. The number of thiocarbonyl (C=S) groups is 1. The predicted octanol–water partition coefficient (Wildman–Crippen LogP) is 3.61. The Morgan fingerprint density at radius 1 is 1.17 bits per heavy atom. The summed E-state index contributed by atoms with van der Waals surface area (Å²) in [6, 6.07) is 6.25. The minimum Gasteiger partial charge on any atom is -0.389 e. The predicted molar refractivity (Wildman–Crippen MR) is 81.2 cm³/mol. The van der Waals surface area contributed by atoms with Crippen molar-refractivity contribution in [2.75, 3.05) is 0 Å². The Morgan fingerprint density at radius 2 is 1.78 bits per heavy atom. The van der Waals surface area contributed by atoms with Crippen molar-refractivity contribution in [2.24, 2.45) is 5.73 Å². The molecule has 2 rings (SSSR count). The van der Waals surface area contributed by atoms with Crippen LogP contribution in [0, 0.1) is 13.8 Å². The van der Waals surface area contributed by atoms with E-state index in [1.807, 2.05) is 6.07 Å². The average Bonchev–Trinajstić information content (AvgIpc) is 2.29. The number of nitrogens with zero attached hydrogens (tertiary/aromatic N) is 1. The van der Waals surface area contributed by atoms with Gasteiger partial charge in [-0.1, -0.05) is 26.1 Å². The van der Waals surface area contributed by atoms with Crippen molar-refractivity contribution in [2.45, 2.75) is 33.6 Å². The molecule has 18 heavy (non-hydrogen) atoms. The van der Waals surface area contributed by atoms with E-state index in [9.17, 15) is 0 Å². The van der Waals surface area contributed by atoms with Gasteiger partial charge in [0.1, 0.15) is 4.99 Å². The maximum atomic E-state index is 5.84. The number of fused-ring (bicyclic) bond motifs is 1. The molecule has 3 heteroatoms. The zero-order chi connectivity index (χ0) is 13.4. The first-order chi connectivity index (χ1) is 8.40. The number of nitrogens with two attached hydrogens (primary N) is 1. The van der Waals surface area contributed by atoms with Gasteiger partial charge in [0.05, 0.1) is 5.52 Å². The fourth-order valence-corrected chi connectivity index (χ4v) is 2.17. The van der Waals surface area contributed by atoms with Crippen molar-refractivity contribution >= 4 is 28.1 Å². The van der Waals surface area contributed by atoms with Gasteiger partial charge in [0.25, 0.3) is 0 Å². The minimum atomic E-state index is 0.365. The molecular formula is C15H18N2S. The maximum Gasteiger partial charge on any atom is 0.104 e. The van der Waals surface area contributed by atoms with Crippen molar-refractivity contribution in [1.29, 1.82) is 0 Å². The molecule has 0 spiro atoms. The molecule has 1 aromatic carbocycles. The molecular weight excluding hydrogens is 240 g/mol. The molecule has 0 atom stereocenters. The van der Waals surface area contributed by atoms with Crippen LogP contribution in [0.2, 0.25) is 0 Å². The normalized spacial score (nSPS) is 11.2. The summed E-state index contributed by atoms with van der Waals surface area (Å²) in [6.45, 7) is 8.44. The quantitative estimate of drug-likeness (QED) is 0.836. The van der Waals surface area contributed by atoms with Crippen LogP contribution in [0.4, 0.5) is 0 Å². The lowest BCUT2D eigenvalue weighted by molar-refractivity contribution is 0.829. The molecule has 94 valence electrons. The fourth-order valence-electron chi connectivity index (χ4n) is 2.01. The molecule has 0 fully saturated rings. The maximum absolute atomic E-state index is 5.84. The molecule has 0 saturated carbocycles. The number of hydrogen-bond acceptors (Lipinski definition) is 2. The zero-order valence-electron chi connectivity index (χ0n) is 11.2. The van der Waals surface area contributed by atoms with E-state index in [-0.39, 0.29) is 0 Å². The number of aryl methyl sites for hydroxylation is 2. The summed E-state index contributed by atoms with van der Waals surface area (Å²) < 4.78 is 0. The van der Waals surface area contributed by atoms with Gasteiger partial charge in [-0.25, -0.2) is 0 Å². The molecule has 0 aliphatic rings. The van der Waals surface area contributed by atoms with E-state index in [0.717, 1.165) is 22.2 Å². The zero-order valence-corrected chi connectivity index (χ0v) is 12.1. The number of pyridine rings is 1. The van der Waals surface area contributed by atoms with Gasteiger partial charge in [-0.2, -0.15) is 0 Å². The Bertz CT molecular complexity index is 630. The number of benzene rings is 1. The SMILES string of the molecule is Cc1cc2nc(C(C)C)cc(C(N)=S)c2cc1C. The molecule has 0 amide bonds. The highest BCUT2D eigenvalue weighted by Gasteiger charge is 2.11. The summed E-state index contributed by atoms with van der Waals surface area (Å²) in [4.78, 5) is 5.14. The molecule has 2 nitrogen and oxygen atoms in total. The average molecular weight is 258 g/mol.